The Bertz CT molecular complexity index is 1990. The van der Waals surface area contributed by atoms with Gasteiger partial charge in [-0.05, 0) is 0 Å². The molecule has 0 aromatic heterocycles. The van der Waals surface area contributed by atoms with Gasteiger partial charge in [0.1, 0.15) is 0 Å². The maximum atomic E-state index is 2.52. The van der Waals surface area contributed by atoms with Crippen LogP contribution in [0.2, 0.25) is 26.2 Å². The molecule has 0 saturated heterocycles. The first-order valence-electron chi connectivity index (χ1n) is 16.8. The summed E-state index contributed by atoms with van der Waals surface area (Å²) in [5.74, 6) is 0. The van der Waals surface area contributed by atoms with Crippen molar-refractivity contribution in [1.29, 1.82) is 0 Å². The van der Waals surface area contributed by atoms with Gasteiger partial charge in [-0.1, -0.05) is 0 Å². The third-order valence-corrected chi connectivity index (χ3v) is 55.6. The molecule has 0 aliphatic heterocycles. The summed E-state index contributed by atoms with van der Waals surface area (Å²) in [7, 11) is 0. The first kappa shape index (κ1) is 38.8. The molecule has 0 atom stereocenters. The van der Waals surface area contributed by atoms with Gasteiger partial charge in [0, 0.05) is 0 Å². The maximum Gasteiger partial charge on any atom is -0.147 e. The summed E-state index contributed by atoms with van der Waals surface area (Å²) in [5.41, 5.74) is 10.9. The van der Waals surface area contributed by atoms with Crippen molar-refractivity contribution >= 4 is 49.1 Å². The molecule has 0 radical (unpaired) electrons. The van der Waals surface area contributed by atoms with Crippen molar-refractivity contribution < 1.29 is 40.1 Å². The molecular formula is C44H42Cl2Hf2Si2. The van der Waals surface area contributed by atoms with Crippen LogP contribution >= 0.6 is 24.8 Å². The Morgan fingerprint density at radius 1 is 0.280 bits per heavy atom. The summed E-state index contributed by atoms with van der Waals surface area (Å²) in [6, 6.07) is 63.3. The predicted molar refractivity (Wildman–Crippen MR) is 220 cm³/mol. The van der Waals surface area contributed by atoms with Crippen LogP contribution in [0.5, 0.6) is 0 Å². The molecule has 248 valence electrons. The number of rotatable bonds is 4. The Labute approximate surface area is 326 Å². The van der Waals surface area contributed by atoms with Crippen molar-refractivity contribution in [1.82, 2.24) is 0 Å². The average molecular weight is 1050 g/mol. The van der Waals surface area contributed by atoms with Crippen molar-refractivity contribution in [2.24, 2.45) is 0 Å². The summed E-state index contributed by atoms with van der Waals surface area (Å²) in [6.07, 6.45) is 0. The standard InChI is InChI=1S/4C10H7.2C2H6Si.2ClH.2Hf/c4*1-2-5-9-7-4-8-10(9)6-3-1;2*1-3-2;;;;/h4*1-7H;2*1-2H3;2*1H;;. The van der Waals surface area contributed by atoms with E-state index in [9.17, 15) is 0 Å². The quantitative estimate of drug-likeness (QED) is 0.154. The summed E-state index contributed by atoms with van der Waals surface area (Å²) in [4.78, 5) is 0. The zero-order chi connectivity index (χ0) is 33.0. The molecule has 8 rings (SSSR count). The first-order valence-corrected chi connectivity index (χ1v) is 39.7. The Morgan fingerprint density at radius 2 is 0.500 bits per heavy atom. The fourth-order valence-corrected chi connectivity index (χ4v) is 52.4. The Hall–Kier alpha value is -2.45. The van der Waals surface area contributed by atoms with Gasteiger partial charge in [0.2, 0.25) is 0 Å². The minimum atomic E-state index is -2.10. The minimum Gasteiger partial charge on any atom is -0.147 e. The molecule has 8 aliphatic carbocycles. The fourth-order valence-electron chi connectivity index (χ4n) is 7.10. The number of fused-ring (bicyclic) bond motifs is 4. The molecule has 0 unspecified atom stereocenters. The van der Waals surface area contributed by atoms with Crippen LogP contribution in [0.1, 0.15) is 0 Å². The van der Waals surface area contributed by atoms with Crippen LogP contribution < -0.4 is 13.3 Å². The third-order valence-electron chi connectivity index (χ3n) is 9.24. The molecule has 8 aliphatic rings. The Balaban J connectivity index is 0.000000187. The maximum absolute atomic E-state index is 2.52. The van der Waals surface area contributed by atoms with Crippen molar-refractivity contribution in [3.63, 3.8) is 0 Å². The van der Waals surface area contributed by atoms with Crippen molar-refractivity contribution in [3.05, 3.63) is 170 Å². The van der Waals surface area contributed by atoms with Crippen LogP contribution in [0.3, 0.4) is 0 Å². The molecule has 0 nitrogen and oxygen atoms in total. The smallest absolute Gasteiger partial charge is 0.147 e. The van der Waals surface area contributed by atoms with E-state index in [-0.39, 0.29) is 35.8 Å². The van der Waals surface area contributed by atoms with Crippen LogP contribution in [0.25, 0.3) is 44.5 Å². The summed E-state index contributed by atoms with van der Waals surface area (Å²) in [5, 5.41) is 0. The van der Waals surface area contributed by atoms with Gasteiger partial charge in [0.05, 0.1) is 0 Å². The molecule has 0 saturated carbocycles. The van der Waals surface area contributed by atoms with E-state index in [1.165, 1.54) is 44.5 Å². The van der Waals surface area contributed by atoms with Gasteiger partial charge in [-0.3, -0.25) is 0 Å². The summed E-state index contributed by atoms with van der Waals surface area (Å²) < 4.78 is 6.79. The second-order valence-corrected chi connectivity index (χ2v) is 59.7. The van der Waals surface area contributed by atoms with Crippen molar-refractivity contribution in [3.8, 4) is 44.5 Å². The number of hydrogen-bond acceptors (Lipinski definition) is 0. The van der Waals surface area contributed by atoms with Gasteiger partial charge in [-0.15, -0.1) is 24.8 Å². The summed E-state index contributed by atoms with van der Waals surface area (Å²) in [6.45, 7) is 10.1. The Kier molecular flexibility index (Phi) is 13.8. The summed E-state index contributed by atoms with van der Waals surface area (Å²) >= 11 is -4.20. The fraction of sp³-hybridized carbons (Fsp3) is 0.0909. The van der Waals surface area contributed by atoms with Crippen LogP contribution in [0, 0.1) is 0 Å². The van der Waals surface area contributed by atoms with Crippen molar-refractivity contribution in [2.45, 2.75) is 26.2 Å². The molecule has 0 amide bonds. The molecule has 6 heteroatoms. The Morgan fingerprint density at radius 3 is 0.720 bits per heavy atom. The molecule has 0 spiro atoms. The molecule has 0 N–H and O–H groups in total. The minimum absolute atomic E-state index is 0. The van der Waals surface area contributed by atoms with E-state index in [4.69, 9.17) is 0 Å². The zero-order valence-electron chi connectivity index (χ0n) is 29.0. The SMILES string of the molecule is C[Si](C)=[Hf]([c]1ccc2cccccc1-2)[c]1ccc2cccccc1-2.C[Si](C)=[Hf]([c]1ccc2cccccc1-2)[c]1ccc2cccccc1-2.Cl.Cl. The second kappa shape index (κ2) is 17.9. The normalized spacial score (nSPS) is 10.5. The largest absolute Gasteiger partial charge is 0.147 e. The second-order valence-electron chi connectivity index (χ2n) is 12.9. The van der Waals surface area contributed by atoms with Gasteiger partial charge >= 0.3 is 305 Å². The van der Waals surface area contributed by atoms with Crippen LogP contribution in [-0.4, -0.2) is 11.0 Å². The number of hydrogen-bond donors (Lipinski definition) is 0. The van der Waals surface area contributed by atoms with Gasteiger partial charge in [0.25, 0.3) is 0 Å². The van der Waals surface area contributed by atoms with Gasteiger partial charge < -0.3 is 0 Å². The van der Waals surface area contributed by atoms with Gasteiger partial charge in [0.15, 0.2) is 0 Å². The molecule has 0 fully saturated rings. The van der Waals surface area contributed by atoms with E-state index in [1.54, 1.807) is 13.3 Å². The molecule has 0 heterocycles. The number of halogens is 2. The van der Waals surface area contributed by atoms with E-state index < -0.39 is 40.1 Å². The van der Waals surface area contributed by atoms with Crippen LogP contribution in [0.4, 0.5) is 0 Å². The molecule has 0 aromatic carbocycles. The van der Waals surface area contributed by atoms with Gasteiger partial charge in [-0.2, -0.15) is 0 Å². The van der Waals surface area contributed by atoms with Gasteiger partial charge in [-0.25, -0.2) is 0 Å². The first-order chi connectivity index (χ1) is 23.5. The average Bonchev–Trinajstić information content (AvgIpc) is 3.64. The molecule has 0 aromatic rings. The molecular weight excluding hydrogens is 1010 g/mol. The molecule has 50 heavy (non-hydrogen) atoms. The predicted octanol–water partition coefficient (Wildman–Crippen LogP) is 10.3. The third kappa shape index (κ3) is 8.12. The van der Waals surface area contributed by atoms with Crippen LogP contribution in [-0.2, 0) is 40.1 Å². The van der Waals surface area contributed by atoms with E-state index in [1.807, 2.05) is 0 Å². The van der Waals surface area contributed by atoms with E-state index in [2.05, 4.69) is 196 Å². The monoisotopic (exact) mass is 1060 g/mol. The van der Waals surface area contributed by atoms with E-state index in [0.717, 1.165) is 0 Å². The van der Waals surface area contributed by atoms with E-state index >= 15 is 0 Å². The van der Waals surface area contributed by atoms with Crippen molar-refractivity contribution in [2.75, 3.05) is 0 Å². The zero-order valence-corrected chi connectivity index (χ0v) is 39.8. The van der Waals surface area contributed by atoms with E-state index in [0.29, 0.717) is 0 Å². The molecule has 0 bridgehead atoms. The topological polar surface area (TPSA) is 0 Å². The van der Waals surface area contributed by atoms with Crippen LogP contribution in [0.15, 0.2) is 170 Å².